The fraction of sp³-hybridized carbons (Fsp3) is 0.500. The Kier molecular flexibility index (Phi) is 7.79. The Labute approximate surface area is 182 Å². The molecule has 1 aromatic heterocycles. The zero-order valence-electron chi connectivity index (χ0n) is 18.1. The lowest BCUT2D eigenvalue weighted by Gasteiger charge is -2.18. The molecule has 162 valence electrons. The van der Waals surface area contributed by atoms with Crippen molar-refractivity contribution in [2.24, 2.45) is 0 Å². The Balaban J connectivity index is 1.82. The van der Waals surface area contributed by atoms with Crippen molar-refractivity contribution >= 4 is 29.2 Å². The normalized spacial score (nSPS) is 13.9. The van der Waals surface area contributed by atoms with E-state index in [9.17, 15) is 4.79 Å². The Bertz CT molecular complexity index is 885. The number of anilines is 2. The molecule has 0 atom stereocenters. The Morgan fingerprint density at radius 2 is 2.00 bits per heavy atom. The van der Waals surface area contributed by atoms with E-state index in [4.69, 9.17) is 9.47 Å². The van der Waals surface area contributed by atoms with Crippen LogP contribution in [0.1, 0.15) is 50.8 Å². The van der Waals surface area contributed by atoms with Crippen molar-refractivity contribution in [2.45, 2.75) is 63.8 Å². The number of rotatable bonds is 9. The second-order valence-corrected chi connectivity index (χ2v) is 8.05. The van der Waals surface area contributed by atoms with Crippen LogP contribution in [0.3, 0.4) is 0 Å². The highest BCUT2D eigenvalue weighted by molar-refractivity contribution is 7.98. The van der Waals surface area contributed by atoms with Crippen LogP contribution in [0.2, 0.25) is 0 Å². The molecule has 0 radical (unpaired) electrons. The van der Waals surface area contributed by atoms with Gasteiger partial charge in [0.15, 0.2) is 22.5 Å². The van der Waals surface area contributed by atoms with Gasteiger partial charge >= 0.3 is 0 Å². The second kappa shape index (κ2) is 10.5. The molecule has 1 heterocycles. The van der Waals surface area contributed by atoms with E-state index in [0.717, 1.165) is 35.6 Å². The van der Waals surface area contributed by atoms with Crippen molar-refractivity contribution in [2.75, 3.05) is 24.0 Å². The maximum atomic E-state index is 11.7. The number of hydrogen-bond acceptors (Lipinski definition) is 7. The largest absolute Gasteiger partial charge is 0.493 e. The first-order chi connectivity index (χ1) is 14.5. The van der Waals surface area contributed by atoms with Gasteiger partial charge in [0.25, 0.3) is 0 Å². The highest BCUT2D eigenvalue weighted by Crippen LogP contribution is 2.33. The molecule has 7 nitrogen and oxygen atoms in total. The van der Waals surface area contributed by atoms with Gasteiger partial charge in [-0.05, 0) is 56.1 Å². The summed E-state index contributed by atoms with van der Waals surface area (Å²) in [5, 5.41) is 6.92. The number of aryl methyl sites for hydroxylation is 1. The quantitative estimate of drug-likeness (QED) is 0.442. The van der Waals surface area contributed by atoms with E-state index in [1.807, 2.05) is 31.4 Å². The first kappa shape index (κ1) is 22.2. The van der Waals surface area contributed by atoms with Crippen LogP contribution in [-0.2, 0) is 17.8 Å². The average molecular weight is 431 g/mol. The van der Waals surface area contributed by atoms with Gasteiger partial charge in [0.1, 0.15) is 5.69 Å². The lowest BCUT2D eigenvalue weighted by Crippen LogP contribution is -2.15. The highest BCUT2D eigenvalue weighted by Gasteiger charge is 2.19. The predicted octanol–water partition coefficient (Wildman–Crippen LogP) is 4.66. The summed E-state index contributed by atoms with van der Waals surface area (Å²) in [4.78, 5) is 20.8. The van der Waals surface area contributed by atoms with Gasteiger partial charge in [0.05, 0.1) is 18.9 Å². The van der Waals surface area contributed by atoms with Crippen LogP contribution in [-0.4, -0.2) is 35.3 Å². The maximum Gasteiger partial charge on any atom is 0.221 e. The smallest absolute Gasteiger partial charge is 0.221 e. The van der Waals surface area contributed by atoms with Crippen molar-refractivity contribution in [1.29, 1.82) is 0 Å². The van der Waals surface area contributed by atoms with Crippen molar-refractivity contribution in [3.05, 3.63) is 29.5 Å². The third-order valence-electron chi connectivity index (χ3n) is 5.07. The molecule has 1 aliphatic carbocycles. The van der Waals surface area contributed by atoms with Crippen LogP contribution in [0.4, 0.5) is 11.5 Å². The summed E-state index contributed by atoms with van der Waals surface area (Å²) in [6.45, 7) is 4.03. The molecule has 3 rings (SSSR count). The van der Waals surface area contributed by atoms with Crippen molar-refractivity contribution in [3.8, 4) is 11.5 Å². The van der Waals surface area contributed by atoms with E-state index in [0.29, 0.717) is 29.6 Å². The molecule has 1 aliphatic rings. The molecule has 0 unspecified atom stereocenters. The van der Waals surface area contributed by atoms with E-state index < -0.39 is 0 Å². The number of aromatic nitrogens is 2. The van der Waals surface area contributed by atoms with Gasteiger partial charge in [0, 0.05) is 13.5 Å². The summed E-state index contributed by atoms with van der Waals surface area (Å²) in [6, 6.07) is 5.95. The van der Waals surface area contributed by atoms with E-state index in [2.05, 4.69) is 20.6 Å². The number of nitrogens with one attached hydrogen (secondary N) is 2. The Morgan fingerprint density at radius 1 is 1.23 bits per heavy atom. The minimum absolute atomic E-state index is 0.148. The van der Waals surface area contributed by atoms with Crippen LogP contribution in [0.5, 0.6) is 11.5 Å². The molecule has 8 heteroatoms. The lowest BCUT2D eigenvalue weighted by molar-refractivity contribution is -0.114. The van der Waals surface area contributed by atoms with Crippen molar-refractivity contribution in [1.82, 2.24) is 9.97 Å². The van der Waals surface area contributed by atoms with Gasteiger partial charge in [-0.1, -0.05) is 24.8 Å². The molecule has 0 bridgehead atoms. The summed E-state index contributed by atoms with van der Waals surface area (Å²) in [7, 11) is 1.66. The van der Waals surface area contributed by atoms with Crippen molar-refractivity contribution in [3.63, 3.8) is 0 Å². The third kappa shape index (κ3) is 5.56. The molecular formula is C22H30N4O3S. The predicted molar refractivity (Wildman–Crippen MR) is 121 cm³/mol. The fourth-order valence-electron chi connectivity index (χ4n) is 3.56. The molecule has 1 amide bonds. The maximum absolute atomic E-state index is 11.7. The summed E-state index contributed by atoms with van der Waals surface area (Å²) < 4.78 is 11.7. The molecule has 1 aromatic carbocycles. The van der Waals surface area contributed by atoms with Gasteiger partial charge in [-0.2, -0.15) is 0 Å². The van der Waals surface area contributed by atoms with E-state index in [1.54, 1.807) is 7.11 Å². The van der Waals surface area contributed by atoms with E-state index >= 15 is 0 Å². The first-order valence-electron chi connectivity index (χ1n) is 10.3. The SMILES string of the molecule is CCc1nc(SC)nc(NCc2ccc(OC)c(OC3CCCC3)c2)c1NC(C)=O. The third-order valence-corrected chi connectivity index (χ3v) is 5.61. The number of carbonyl (C=O) groups is 1. The van der Waals surface area contributed by atoms with Crippen LogP contribution in [0.15, 0.2) is 23.4 Å². The molecule has 0 spiro atoms. The van der Waals surface area contributed by atoms with Crippen LogP contribution >= 0.6 is 11.8 Å². The molecule has 1 fully saturated rings. The standard InChI is InChI=1S/C22H30N4O3S/c1-5-17-20(24-14(2)27)21(26-22(25-17)30-4)23-13-15-10-11-18(28-3)19(12-15)29-16-8-6-7-9-16/h10-12,16H,5-9,13H2,1-4H3,(H,24,27)(H,23,25,26). The monoisotopic (exact) mass is 430 g/mol. The first-order valence-corrected chi connectivity index (χ1v) is 11.6. The molecule has 30 heavy (non-hydrogen) atoms. The number of methoxy groups -OCH3 is 1. The van der Waals surface area contributed by atoms with E-state index in [-0.39, 0.29) is 12.0 Å². The molecule has 2 N–H and O–H groups in total. The summed E-state index contributed by atoms with van der Waals surface area (Å²) in [5.41, 5.74) is 2.49. The zero-order chi connectivity index (χ0) is 21.5. The zero-order valence-corrected chi connectivity index (χ0v) is 18.9. The van der Waals surface area contributed by atoms with Crippen LogP contribution in [0, 0.1) is 0 Å². The van der Waals surface area contributed by atoms with Crippen molar-refractivity contribution < 1.29 is 14.3 Å². The molecular weight excluding hydrogens is 400 g/mol. The number of ether oxygens (including phenoxy) is 2. The molecule has 1 saturated carbocycles. The number of benzene rings is 1. The Morgan fingerprint density at radius 3 is 2.63 bits per heavy atom. The van der Waals surface area contributed by atoms with E-state index in [1.165, 1.54) is 31.5 Å². The van der Waals surface area contributed by atoms with Gasteiger partial charge in [-0.15, -0.1) is 0 Å². The summed E-state index contributed by atoms with van der Waals surface area (Å²) >= 11 is 1.48. The van der Waals surface area contributed by atoms with Gasteiger partial charge < -0.3 is 20.1 Å². The average Bonchev–Trinajstić information content (AvgIpc) is 3.25. The summed E-state index contributed by atoms with van der Waals surface area (Å²) in [6.07, 6.45) is 7.49. The van der Waals surface area contributed by atoms with Gasteiger partial charge in [0.2, 0.25) is 5.91 Å². The minimum Gasteiger partial charge on any atom is -0.493 e. The number of hydrogen-bond donors (Lipinski definition) is 2. The van der Waals surface area contributed by atoms with Gasteiger partial charge in [-0.25, -0.2) is 9.97 Å². The number of carbonyl (C=O) groups excluding carboxylic acids is 1. The fourth-order valence-corrected chi connectivity index (χ4v) is 3.95. The Hall–Kier alpha value is -2.48. The van der Waals surface area contributed by atoms with Crippen LogP contribution < -0.4 is 20.1 Å². The number of thioether (sulfide) groups is 1. The highest BCUT2D eigenvalue weighted by atomic mass is 32.2. The molecule has 2 aromatic rings. The molecule has 0 saturated heterocycles. The second-order valence-electron chi connectivity index (χ2n) is 7.28. The summed E-state index contributed by atoms with van der Waals surface area (Å²) in [5.74, 6) is 1.98. The number of amides is 1. The number of nitrogens with zero attached hydrogens (tertiary/aromatic N) is 2. The lowest BCUT2D eigenvalue weighted by atomic mass is 10.2. The minimum atomic E-state index is -0.148. The van der Waals surface area contributed by atoms with Crippen LogP contribution in [0.25, 0.3) is 0 Å². The van der Waals surface area contributed by atoms with Gasteiger partial charge in [-0.3, -0.25) is 4.79 Å². The topological polar surface area (TPSA) is 85.4 Å². The molecule has 0 aliphatic heterocycles.